The Morgan fingerprint density at radius 1 is 1.24 bits per heavy atom. The number of nitrogens with zero attached hydrogens (tertiary/aromatic N) is 1. The maximum Gasteiger partial charge on any atom is 0.161 e. The predicted molar refractivity (Wildman–Crippen MR) is 60.1 cm³/mol. The van der Waals surface area contributed by atoms with E-state index in [1.54, 1.807) is 30.6 Å². The van der Waals surface area contributed by atoms with Gasteiger partial charge in [0.2, 0.25) is 0 Å². The first-order valence-corrected chi connectivity index (χ1v) is 5.41. The fourth-order valence-corrected chi connectivity index (χ4v) is 1.81. The van der Waals surface area contributed by atoms with Crippen molar-refractivity contribution in [3.63, 3.8) is 0 Å². The van der Waals surface area contributed by atoms with Crippen LogP contribution in [0.5, 0.6) is 11.5 Å². The molecule has 5 heteroatoms. The van der Waals surface area contributed by atoms with Crippen LogP contribution in [0.15, 0.2) is 30.6 Å². The highest BCUT2D eigenvalue weighted by molar-refractivity contribution is 5.45. The molecule has 5 nitrogen and oxygen atoms in total. The Hall–Kier alpha value is -2.01. The quantitative estimate of drug-likeness (QED) is 0.818. The number of fused-ring (bicyclic) bond motifs is 1. The standard InChI is InChI=1S/C12H12N2O3/c15-11(12-13-3-4-14-12)8-1-2-9-10(7-8)17-6-5-16-9/h1-4,7,11,15H,5-6H2,(H,13,14). The number of ether oxygens (including phenoxy) is 2. The number of hydrogen-bond donors (Lipinski definition) is 2. The molecule has 0 saturated heterocycles. The topological polar surface area (TPSA) is 67.4 Å². The van der Waals surface area contributed by atoms with Gasteiger partial charge in [-0.05, 0) is 17.7 Å². The van der Waals surface area contributed by atoms with Crippen molar-refractivity contribution in [1.82, 2.24) is 9.97 Å². The molecule has 1 aliphatic rings. The lowest BCUT2D eigenvalue weighted by atomic mass is 10.1. The van der Waals surface area contributed by atoms with Gasteiger partial charge in [0.1, 0.15) is 25.1 Å². The van der Waals surface area contributed by atoms with Crippen LogP contribution in [0.3, 0.4) is 0 Å². The van der Waals surface area contributed by atoms with E-state index in [1.165, 1.54) is 0 Å². The van der Waals surface area contributed by atoms with E-state index in [-0.39, 0.29) is 0 Å². The van der Waals surface area contributed by atoms with Crippen molar-refractivity contribution in [2.24, 2.45) is 0 Å². The number of H-pyrrole nitrogens is 1. The Morgan fingerprint density at radius 2 is 2.06 bits per heavy atom. The van der Waals surface area contributed by atoms with Crippen molar-refractivity contribution < 1.29 is 14.6 Å². The van der Waals surface area contributed by atoms with Gasteiger partial charge in [-0.2, -0.15) is 0 Å². The number of benzene rings is 1. The van der Waals surface area contributed by atoms with E-state index in [4.69, 9.17) is 9.47 Å². The van der Waals surface area contributed by atoms with E-state index in [2.05, 4.69) is 9.97 Å². The molecule has 3 rings (SSSR count). The number of rotatable bonds is 2. The van der Waals surface area contributed by atoms with Gasteiger partial charge in [0.15, 0.2) is 11.5 Å². The highest BCUT2D eigenvalue weighted by atomic mass is 16.6. The average molecular weight is 232 g/mol. The molecule has 2 N–H and O–H groups in total. The molecule has 1 unspecified atom stereocenters. The number of aromatic amines is 1. The summed E-state index contributed by atoms with van der Waals surface area (Å²) in [6, 6.07) is 5.39. The zero-order chi connectivity index (χ0) is 11.7. The van der Waals surface area contributed by atoms with Crippen molar-refractivity contribution in [2.45, 2.75) is 6.10 Å². The lowest BCUT2D eigenvalue weighted by molar-refractivity contribution is 0.169. The molecule has 1 aromatic heterocycles. The SMILES string of the molecule is OC(c1ccc2c(c1)OCCO2)c1ncc[nH]1. The summed E-state index contributed by atoms with van der Waals surface area (Å²) >= 11 is 0. The van der Waals surface area contributed by atoms with Crippen molar-refractivity contribution in [3.8, 4) is 11.5 Å². The monoisotopic (exact) mass is 232 g/mol. The summed E-state index contributed by atoms with van der Waals surface area (Å²) in [5.74, 6) is 1.90. The highest BCUT2D eigenvalue weighted by Crippen LogP contribution is 2.33. The minimum Gasteiger partial charge on any atom is -0.486 e. The maximum absolute atomic E-state index is 10.1. The predicted octanol–water partition coefficient (Wildman–Crippen LogP) is 1.26. The minimum atomic E-state index is -0.777. The summed E-state index contributed by atoms with van der Waals surface area (Å²) in [5, 5.41) is 10.1. The van der Waals surface area contributed by atoms with Crippen molar-refractivity contribution in [1.29, 1.82) is 0 Å². The smallest absolute Gasteiger partial charge is 0.161 e. The van der Waals surface area contributed by atoms with E-state index in [0.717, 1.165) is 5.56 Å². The normalized spacial score (nSPS) is 15.6. The molecule has 0 fully saturated rings. The van der Waals surface area contributed by atoms with Gasteiger partial charge in [-0.3, -0.25) is 0 Å². The lowest BCUT2D eigenvalue weighted by Crippen LogP contribution is -2.15. The van der Waals surface area contributed by atoms with Crippen molar-refractivity contribution >= 4 is 0 Å². The van der Waals surface area contributed by atoms with Crippen LogP contribution in [0.4, 0.5) is 0 Å². The second kappa shape index (κ2) is 4.10. The van der Waals surface area contributed by atoms with Gasteiger partial charge in [0, 0.05) is 12.4 Å². The van der Waals surface area contributed by atoms with E-state index in [0.29, 0.717) is 30.5 Å². The third-order valence-electron chi connectivity index (χ3n) is 2.66. The number of aliphatic hydroxyl groups excluding tert-OH is 1. The van der Waals surface area contributed by atoms with Gasteiger partial charge >= 0.3 is 0 Å². The molecule has 1 atom stereocenters. The Kier molecular flexibility index (Phi) is 2.45. The van der Waals surface area contributed by atoms with Gasteiger partial charge in [-0.25, -0.2) is 4.98 Å². The molecule has 0 saturated carbocycles. The summed E-state index contributed by atoms with van der Waals surface area (Å²) in [6.07, 6.45) is 2.51. The zero-order valence-corrected chi connectivity index (χ0v) is 9.09. The summed E-state index contributed by atoms with van der Waals surface area (Å²) in [6.45, 7) is 1.10. The molecule has 0 amide bonds. The Morgan fingerprint density at radius 3 is 2.82 bits per heavy atom. The molecule has 0 radical (unpaired) electrons. The van der Waals surface area contributed by atoms with Crippen LogP contribution >= 0.6 is 0 Å². The van der Waals surface area contributed by atoms with Crippen LogP contribution in [-0.4, -0.2) is 28.3 Å². The van der Waals surface area contributed by atoms with E-state index in [9.17, 15) is 5.11 Å². The summed E-state index contributed by atoms with van der Waals surface area (Å²) in [4.78, 5) is 6.91. The molecule has 17 heavy (non-hydrogen) atoms. The summed E-state index contributed by atoms with van der Waals surface area (Å²) in [5.41, 5.74) is 0.726. The molecule has 2 aromatic rings. The minimum absolute atomic E-state index is 0.515. The average Bonchev–Trinajstić information content (AvgIpc) is 2.91. The largest absolute Gasteiger partial charge is 0.486 e. The molecule has 0 bridgehead atoms. The third-order valence-corrected chi connectivity index (χ3v) is 2.66. The summed E-state index contributed by atoms with van der Waals surface area (Å²) in [7, 11) is 0. The van der Waals surface area contributed by atoms with Gasteiger partial charge in [-0.15, -0.1) is 0 Å². The van der Waals surface area contributed by atoms with Crippen LogP contribution in [-0.2, 0) is 0 Å². The molecular formula is C12H12N2O3. The van der Waals surface area contributed by atoms with Crippen LogP contribution in [0.1, 0.15) is 17.5 Å². The van der Waals surface area contributed by atoms with Crippen molar-refractivity contribution in [2.75, 3.05) is 13.2 Å². The molecule has 0 aliphatic carbocycles. The Bertz CT molecular complexity index is 510. The number of imidazole rings is 1. The third kappa shape index (κ3) is 1.85. The zero-order valence-electron chi connectivity index (χ0n) is 9.09. The van der Waals surface area contributed by atoms with Crippen molar-refractivity contribution in [3.05, 3.63) is 42.0 Å². The molecule has 1 aromatic carbocycles. The first kappa shape index (κ1) is 10.2. The van der Waals surface area contributed by atoms with Gasteiger partial charge < -0.3 is 19.6 Å². The van der Waals surface area contributed by atoms with Crippen LogP contribution < -0.4 is 9.47 Å². The molecule has 2 heterocycles. The first-order chi connectivity index (χ1) is 8.34. The van der Waals surface area contributed by atoms with E-state index < -0.39 is 6.10 Å². The van der Waals surface area contributed by atoms with Gasteiger partial charge in [0.25, 0.3) is 0 Å². The second-order valence-corrected chi connectivity index (χ2v) is 3.78. The fourth-order valence-electron chi connectivity index (χ4n) is 1.81. The molecule has 0 spiro atoms. The number of hydrogen-bond acceptors (Lipinski definition) is 4. The Balaban J connectivity index is 1.93. The number of aromatic nitrogens is 2. The number of aliphatic hydroxyl groups is 1. The van der Waals surface area contributed by atoms with Gasteiger partial charge in [0.05, 0.1) is 0 Å². The van der Waals surface area contributed by atoms with Gasteiger partial charge in [-0.1, -0.05) is 6.07 Å². The van der Waals surface area contributed by atoms with E-state index in [1.807, 2.05) is 0 Å². The second-order valence-electron chi connectivity index (χ2n) is 3.78. The van der Waals surface area contributed by atoms with Crippen LogP contribution in [0, 0.1) is 0 Å². The molecule has 88 valence electrons. The first-order valence-electron chi connectivity index (χ1n) is 5.41. The maximum atomic E-state index is 10.1. The lowest BCUT2D eigenvalue weighted by Gasteiger charge is -2.19. The molecule has 1 aliphatic heterocycles. The van der Waals surface area contributed by atoms with Crippen LogP contribution in [0.2, 0.25) is 0 Å². The number of nitrogens with one attached hydrogen (secondary N) is 1. The summed E-state index contributed by atoms with van der Waals surface area (Å²) < 4.78 is 10.9. The Labute approximate surface area is 98.0 Å². The van der Waals surface area contributed by atoms with Crippen LogP contribution in [0.25, 0.3) is 0 Å². The fraction of sp³-hybridized carbons (Fsp3) is 0.250. The van der Waals surface area contributed by atoms with E-state index >= 15 is 0 Å². The molecular weight excluding hydrogens is 220 g/mol. The highest BCUT2D eigenvalue weighted by Gasteiger charge is 2.17.